The standard InChI is InChI=1S/C12H14ClNO2/c13-10-3-1-2-9(6-10)7-12(16)14-5-4-11(15)8-14/h1-3,6,11,15H,4-5,7-8H2/t11-/m1/s1. The van der Waals surface area contributed by atoms with Crippen LogP contribution in [0.5, 0.6) is 0 Å². The average Bonchev–Trinajstić information content (AvgIpc) is 2.65. The van der Waals surface area contributed by atoms with Crippen molar-refractivity contribution in [2.75, 3.05) is 13.1 Å². The van der Waals surface area contributed by atoms with Crippen LogP contribution in [0.4, 0.5) is 0 Å². The number of rotatable bonds is 2. The minimum atomic E-state index is -0.358. The van der Waals surface area contributed by atoms with Gasteiger partial charge in [0.05, 0.1) is 12.5 Å². The number of nitrogens with zero attached hydrogens (tertiary/aromatic N) is 1. The Kier molecular flexibility index (Phi) is 3.46. The summed E-state index contributed by atoms with van der Waals surface area (Å²) in [4.78, 5) is 13.5. The fraction of sp³-hybridized carbons (Fsp3) is 0.417. The first-order chi connectivity index (χ1) is 7.65. The molecule has 0 aromatic heterocycles. The Labute approximate surface area is 99.6 Å². The first-order valence-electron chi connectivity index (χ1n) is 5.35. The highest BCUT2D eigenvalue weighted by Gasteiger charge is 2.24. The maximum absolute atomic E-state index is 11.8. The molecular weight excluding hydrogens is 226 g/mol. The van der Waals surface area contributed by atoms with Gasteiger partial charge in [0.25, 0.3) is 0 Å². The quantitative estimate of drug-likeness (QED) is 0.849. The number of aliphatic hydroxyl groups excluding tert-OH is 1. The first kappa shape index (κ1) is 11.4. The van der Waals surface area contributed by atoms with Crippen molar-refractivity contribution in [3.05, 3.63) is 34.9 Å². The Morgan fingerprint density at radius 3 is 3.00 bits per heavy atom. The molecule has 2 rings (SSSR count). The van der Waals surface area contributed by atoms with E-state index < -0.39 is 0 Å². The van der Waals surface area contributed by atoms with Gasteiger partial charge in [-0.05, 0) is 24.1 Å². The number of amides is 1. The largest absolute Gasteiger partial charge is 0.391 e. The van der Waals surface area contributed by atoms with E-state index in [1.807, 2.05) is 12.1 Å². The maximum atomic E-state index is 11.8. The van der Waals surface area contributed by atoms with Crippen molar-refractivity contribution in [2.24, 2.45) is 0 Å². The molecule has 1 saturated heterocycles. The Bertz CT molecular complexity index is 394. The van der Waals surface area contributed by atoms with Crippen molar-refractivity contribution >= 4 is 17.5 Å². The van der Waals surface area contributed by atoms with E-state index in [1.165, 1.54) is 0 Å². The van der Waals surface area contributed by atoms with Gasteiger partial charge in [0.15, 0.2) is 0 Å². The number of carbonyl (C=O) groups excluding carboxylic acids is 1. The van der Waals surface area contributed by atoms with Crippen LogP contribution in [0, 0.1) is 0 Å². The van der Waals surface area contributed by atoms with Crippen molar-refractivity contribution < 1.29 is 9.90 Å². The van der Waals surface area contributed by atoms with Crippen LogP contribution in [0.15, 0.2) is 24.3 Å². The molecule has 0 bridgehead atoms. The lowest BCUT2D eigenvalue weighted by atomic mass is 10.1. The average molecular weight is 240 g/mol. The minimum absolute atomic E-state index is 0.0545. The number of halogens is 1. The van der Waals surface area contributed by atoms with Crippen LogP contribution in [-0.4, -0.2) is 35.1 Å². The van der Waals surface area contributed by atoms with Crippen LogP contribution in [0.1, 0.15) is 12.0 Å². The Hall–Kier alpha value is -1.06. The van der Waals surface area contributed by atoms with E-state index in [2.05, 4.69) is 0 Å². The predicted molar refractivity (Wildman–Crippen MR) is 62.4 cm³/mol. The van der Waals surface area contributed by atoms with E-state index in [1.54, 1.807) is 17.0 Å². The van der Waals surface area contributed by atoms with Crippen molar-refractivity contribution in [3.63, 3.8) is 0 Å². The molecular formula is C12H14ClNO2. The van der Waals surface area contributed by atoms with Gasteiger partial charge in [-0.1, -0.05) is 23.7 Å². The second kappa shape index (κ2) is 4.85. The molecule has 3 nitrogen and oxygen atoms in total. The number of carbonyl (C=O) groups is 1. The zero-order valence-electron chi connectivity index (χ0n) is 8.90. The fourth-order valence-electron chi connectivity index (χ4n) is 1.90. The summed E-state index contributed by atoms with van der Waals surface area (Å²) in [6.45, 7) is 1.11. The van der Waals surface area contributed by atoms with Crippen LogP contribution in [0.3, 0.4) is 0 Å². The molecule has 4 heteroatoms. The van der Waals surface area contributed by atoms with Crippen molar-refractivity contribution in [1.82, 2.24) is 4.90 Å². The SMILES string of the molecule is O=C(Cc1cccc(Cl)c1)N1CC[C@@H](O)C1. The highest BCUT2D eigenvalue weighted by molar-refractivity contribution is 6.30. The third-order valence-corrected chi connectivity index (χ3v) is 3.00. The van der Waals surface area contributed by atoms with E-state index in [0.717, 1.165) is 5.56 Å². The summed E-state index contributed by atoms with van der Waals surface area (Å²) < 4.78 is 0. The van der Waals surface area contributed by atoms with Crippen LogP contribution in [-0.2, 0) is 11.2 Å². The second-order valence-electron chi connectivity index (χ2n) is 4.09. The van der Waals surface area contributed by atoms with E-state index >= 15 is 0 Å². The molecule has 0 unspecified atom stereocenters. The number of aliphatic hydroxyl groups is 1. The van der Waals surface area contributed by atoms with Gasteiger partial charge in [-0.3, -0.25) is 4.79 Å². The van der Waals surface area contributed by atoms with E-state index in [0.29, 0.717) is 31.0 Å². The smallest absolute Gasteiger partial charge is 0.227 e. The zero-order valence-corrected chi connectivity index (χ0v) is 9.65. The lowest BCUT2D eigenvalue weighted by molar-refractivity contribution is -0.129. The molecule has 1 atom stereocenters. The number of benzene rings is 1. The third-order valence-electron chi connectivity index (χ3n) is 2.76. The molecule has 0 aliphatic carbocycles. The third kappa shape index (κ3) is 2.74. The molecule has 0 radical (unpaired) electrons. The summed E-state index contributed by atoms with van der Waals surface area (Å²) >= 11 is 5.85. The molecule has 86 valence electrons. The Morgan fingerprint density at radius 1 is 1.56 bits per heavy atom. The second-order valence-corrected chi connectivity index (χ2v) is 4.53. The lowest BCUT2D eigenvalue weighted by Gasteiger charge is -2.15. The van der Waals surface area contributed by atoms with Gasteiger partial charge >= 0.3 is 0 Å². The topological polar surface area (TPSA) is 40.5 Å². The minimum Gasteiger partial charge on any atom is -0.391 e. The summed E-state index contributed by atoms with van der Waals surface area (Å²) in [6.07, 6.45) is 0.678. The zero-order chi connectivity index (χ0) is 11.5. The van der Waals surface area contributed by atoms with Crippen molar-refractivity contribution in [3.8, 4) is 0 Å². The number of hydrogen-bond donors (Lipinski definition) is 1. The number of β-amino-alcohol motifs (C(OH)–C–C–N with tert-alkyl or cyclic N) is 1. The first-order valence-corrected chi connectivity index (χ1v) is 5.73. The van der Waals surface area contributed by atoms with Crippen molar-refractivity contribution in [2.45, 2.75) is 18.9 Å². The number of hydrogen-bond acceptors (Lipinski definition) is 2. The summed E-state index contributed by atoms with van der Waals surface area (Å²) in [5.74, 6) is 0.0545. The summed E-state index contributed by atoms with van der Waals surface area (Å²) in [5, 5.41) is 9.99. The summed E-state index contributed by atoms with van der Waals surface area (Å²) in [5.41, 5.74) is 0.916. The summed E-state index contributed by atoms with van der Waals surface area (Å²) in [6, 6.07) is 7.31. The molecule has 1 amide bonds. The number of likely N-dealkylation sites (tertiary alicyclic amines) is 1. The predicted octanol–water partition coefficient (Wildman–Crippen LogP) is 1.48. The van der Waals surface area contributed by atoms with Crippen LogP contribution in [0.25, 0.3) is 0 Å². The van der Waals surface area contributed by atoms with Gasteiger partial charge < -0.3 is 10.0 Å². The van der Waals surface area contributed by atoms with Gasteiger partial charge in [0.1, 0.15) is 0 Å². The molecule has 1 aliphatic rings. The molecule has 0 spiro atoms. The molecule has 0 saturated carbocycles. The maximum Gasteiger partial charge on any atom is 0.227 e. The molecule has 1 N–H and O–H groups in total. The van der Waals surface area contributed by atoms with Crippen LogP contribution >= 0.6 is 11.6 Å². The highest BCUT2D eigenvalue weighted by Crippen LogP contribution is 2.14. The van der Waals surface area contributed by atoms with Gasteiger partial charge in [0, 0.05) is 18.1 Å². The van der Waals surface area contributed by atoms with E-state index in [4.69, 9.17) is 11.6 Å². The molecule has 16 heavy (non-hydrogen) atoms. The normalized spacial score (nSPS) is 20.1. The van der Waals surface area contributed by atoms with Crippen LogP contribution in [0.2, 0.25) is 5.02 Å². The highest BCUT2D eigenvalue weighted by atomic mass is 35.5. The van der Waals surface area contributed by atoms with Crippen molar-refractivity contribution in [1.29, 1.82) is 0 Å². The molecule has 1 aromatic carbocycles. The Balaban J connectivity index is 1.97. The fourth-order valence-corrected chi connectivity index (χ4v) is 2.11. The monoisotopic (exact) mass is 239 g/mol. The molecule has 1 fully saturated rings. The van der Waals surface area contributed by atoms with Gasteiger partial charge in [-0.2, -0.15) is 0 Å². The van der Waals surface area contributed by atoms with Crippen LogP contribution < -0.4 is 0 Å². The van der Waals surface area contributed by atoms with Gasteiger partial charge in [-0.15, -0.1) is 0 Å². The molecule has 1 aliphatic heterocycles. The molecule has 1 aromatic rings. The van der Waals surface area contributed by atoms with E-state index in [-0.39, 0.29) is 12.0 Å². The Morgan fingerprint density at radius 2 is 2.38 bits per heavy atom. The summed E-state index contributed by atoms with van der Waals surface area (Å²) in [7, 11) is 0. The molecule has 1 heterocycles. The lowest BCUT2D eigenvalue weighted by Crippen LogP contribution is -2.30. The van der Waals surface area contributed by atoms with Gasteiger partial charge in [0.2, 0.25) is 5.91 Å². The van der Waals surface area contributed by atoms with Gasteiger partial charge in [-0.25, -0.2) is 0 Å². The van der Waals surface area contributed by atoms with E-state index in [9.17, 15) is 9.90 Å².